The van der Waals surface area contributed by atoms with E-state index in [-0.39, 0.29) is 22.4 Å². The molecule has 0 amide bonds. The van der Waals surface area contributed by atoms with E-state index in [1.807, 2.05) is 0 Å². The highest BCUT2D eigenvalue weighted by molar-refractivity contribution is 5.83. The van der Waals surface area contributed by atoms with Crippen LogP contribution in [0.5, 0.6) is 5.75 Å². The zero-order valence-corrected chi connectivity index (χ0v) is 10.6. The Hall–Kier alpha value is -3.15. The molecular formula is C15H9NO5. The number of non-ortho nitro benzene ring substituents is 1. The SMILES string of the molecule is O=c1c(O)c(-c2ccccc2)oc2ccc([N+](=O)[O-])cc12. The highest BCUT2D eigenvalue weighted by Gasteiger charge is 2.17. The first-order valence-corrected chi connectivity index (χ1v) is 6.07. The summed E-state index contributed by atoms with van der Waals surface area (Å²) in [7, 11) is 0. The van der Waals surface area contributed by atoms with E-state index in [0.717, 1.165) is 6.07 Å². The monoisotopic (exact) mass is 283 g/mol. The predicted octanol–water partition coefficient (Wildman–Crippen LogP) is 3.07. The van der Waals surface area contributed by atoms with Gasteiger partial charge in [0.25, 0.3) is 5.69 Å². The quantitative estimate of drug-likeness (QED) is 0.576. The second kappa shape index (κ2) is 4.75. The fourth-order valence-corrected chi connectivity index (χ4v) is 2.07. The number of fused-ring (bicyclic) bond motifs is 1. The molecular weight excluding hydrogens is 274 g/mol. The minimum absolute atomic E-state index is 0.0265. The lowest BCUT2D eigenvalue weighted by Gasteiger charge is -2.05. The van der Waals surface area contributed by atoms with Crippen LogP contribution in [0.3, 0.4) is 0 Å². The Balaban J connectivity index is 2.32. The van der Waals surface area contributed by atoms with E-state index in [2.05, 4.69) is 0 Å². The van der Waals surface area contributed by atoms with Crippen molar-refractivity contribution in [1.29, 1.82) is 0 Å². The minimum atomic E-state index is -0.696. The van der Waals surface area contributed by atoms with Crippen LogP contribution < -0.4 is 5.43 Å². The molecule has 0 aliphatic heterocycles. The summed E-state index contributed by atoms with van der Waals surface area (Å²) in [5, 5.41) is 20.7. The topological polar surface area (TPSA) is 93.6 Å². The molecule has 2 aromatic carbocycles. The molecule has 0 fully saturated rings. The molecule has 0 unspecified atom stereocenters. The van der Waals surface area contributed by atoms with E-state index in [1.165, 1.54) is 12.1 Å². The number of aromatic hydroxyl groups is 1. The Kier molecular flexibility index (Phi) is 2.91. The summed E-state index contributed by atoms with van der Waals surface area (Å²) in [6.07, 6.45) is 0. The summed E-state index contributed by atoms with van der Waals surface area (Å²) in [6, 6.07) is 12.4. The van der Waals surface area contributed by atoms with Gasteiger partial charge in [0.2, 0.25) is 11.2 Å². The van der Waals surface area contributed by atoms with Crippen molar-refractivity contribution in [2.75, 3.05) is 0 Å². The predicted molar refractivity (Wildman–Crippen MR) is 76.2 cm³/mol. The molecule has 1 heterocycles. The molecule has 21 heavy (non-hydrogen) atoms. The molecule has 0 atom stereocenters. The molecule has 6 nitrogen and oxygen atoms in total. The molecule has 0 saturated carbocycles. The zero-order chi connectivity index (χ0) is 15.0. The maximum absolute atomic E-state index is 12.2. The number of benzene rings is 2. The molecule has 1 N–H and O–H groups in total. The van der Waals surface area contributed by atoms with Gasteiger partial charge < -0.3 is 9.52 Å². The van der Waals surface area contributed by atoms with Gasteiger partial charge in [-0.25, -0.2) is 0 Å². The number of nitro groups is 1. The first-order valence-electron chi connectivity index (χ1n) is 6.07. The van der Waals surface area contributed by atoms with E-state index in [4.69, 9.17) is 4.42 Å². The van der Waals surface area contributed by atoms with Crippen molar-refractivity contribution in [3.8, 4) is 17.1 Å². The number of hydrogen-bond acceptors (Lipinski definition) is 5. The summed E-state index contributed by atoms with van der Waals surface area (Å²) < 4.78 is 5.52. The lowest BCUT2D eigenvalue weighted by molar-refractivity contribution is -0.384. The average Bonchev–Trinajstić information content (AvgIpc) is 2.51. The van der Waals surface area contributed by atoms with Crippen LogP contribution in [0.25, 0.3) is 22.3 Å². The van der Waals surface area contributed by atoms with Gasteiger partial charge in [0.05, 0.1) is 10.3 Å². The summed E-state index contributed by atoms with van der Waals surface area (Å²) >= 11 is 0. The van der Waals surface area contributed by atoms with Gasteiger partial charge in [-0.3, -0.25) is 14.9 Å². The van der Waals surface area contributed by atoms with Crippen LogP contribution in [-0.2, 0) is 0 Å². The summed E-state index contributed by atoms with van der Waals surface area (Å²) in [5.41, 5.74) is -0.199. The van der Waals surface area contributed by atoms with Gasteiger partial charge in [-0.15, -0.1) is 0 Å². The van der Waals surface area contributed by atoms with Crippen molar-refractivity contribution in [2.24, 2.45) is 0 Å². The van der Waals surface area contributed by atoms with Gasteiger partial charge in [0.1, 0.15) is 5.58 Å². The number of hydrogen-bond donors (Lipinski definition) is 1. The number of rotatable bonds is 2. The van der Waals surface area contributed by atoms with E-state index < -0.39 is 16.1 Å². The Bertz CT molecular complexity index is 899. The summed E-state index contributed by atoms with van der Waals surface area (Å²) in [4.78, 5) is 22.3. The highest BCUT2D eigenvalue weighted by atomic mass is 16.6. The number of nitrogens with zero attached hydrogens (tertiary/aromatic N) is 1. The van der Waals surface area contributed by atoms with Crippen molar-refractivity contribution in [1.82, 2.24) is 0 Å². The van der Waals surface area contributed by atoms with Crippen molar-refractivity contribution in [3.63, 3.8) is 0 Å². The van der Waals surface area contributed by atoms with E-state index in [0.29, 0.717) is 5.56 Å². The molecule has 0 spiro atoms. The van der Waals surface area contributed by atoms with Gasteiger partial charge >= 0.3 is 0 Å². The van der Waals surface area contributed by atoms with Gasteiger partial charge in [-0.2, -0.15) is 0 Å². The van der Waals surface area contributed by atoms with Gasteiger partial charge in [0.15, 0.2) is 5.76 Å². The molecule has 0 radical (unpaired) electrons. The lowest BCUT2D eigenvalue weighted by Crippen LogP contribution is -2.03. The van der Waals surface area contributed by atoms with E-state index >= 15 is 0 Å². The van der Waals surface area contributed by atoms with Crippen molar-refractivity contribution in [2.45, 2.75) is 0 Å². The second-order valence-electron chi connectivity index (χ2n) is 4.41. The smallest absolute Gasteiger partial charge is 0.270 e. The Morgan fingerprint density at radius 1 is 1.10 bits per heavy atom. The third-order valence-electron chi connectivity index (χ3n) is 3.10. The van der Waals surface area contributed by atoms with Gasteiger partial charge in [0, 0.05) is 17.7 Å². The fourth-order valence-electron chi connectivity index (χ4n) is 2.07. The van der Waals surface area contributed by atoms with Gasteiger partial charge in [-0.1, -0.05) is 30.3 Å². The Morgan fingerprint density at radius 3 is 2.48 bits per heavy atom. The molecule has 0 aliphatic carbocycles. The van der Waals surface area contributed by atoms with Gasteiger partial charge in [-0.05, 0) is 6.07 Å². The van der Waals surface area contributed by atoms with Crippen LogP contribution in [0.1, 0.15) is 0 Å². The van der Waals surface area contributed by atoms with Crippen molar-refractivity contribution < 1.29 is 14.4 Å². The molecule has 0 bridgehead atoms. The van der Waals surface area contributed by atoms with Crippen molar-refractivity contribution >= 4 is 16.7 Å². The Labute approximate surface area is 118 Å². The summed E-state index contributed by atoms with van der Waals surface area (Å²) in [6.45, 7) is 0. The van der Waals surface area contributed by atoms with Crippen LogP contribution in [0, 0.1) is 10.1 Å². The molecule has 6 heteroatoms. The first kappa shape index (κ1) is 12.9. The number of nitro benzene ring substituents is 1. The highest BCUT2D eigenvalue weighted by Crippen LogP contribution is 2.30. The van der Waals surface area contributed by atoms with E-state index in [1.54, 1.807) is 30.3 Å². The van der Waals surface area contributed by atoms with Crippen LogP contribution in [0.15, 0.2) is 57.7 Å². The average molecular weight is 283 g/mol. The third-order valence-corrected chi connectivity index (χ3v) is 3.10. The third kappa shape index (κ3) is 2.12. The van der Waals surface area contributed by atoms with Crippen molar-refractivity contribution in [3.05, 3.63) is 68.9 Å². The maximum Gasteiger partial charge on any atom is 0.270 e. The second-order valence-corrected chi connectivity index (χ2v) is 4.41. The van der Waals surface area contributed by atoms with Crippen LogP contribution in [0.4, 0.5) is 5.69 Å². The molecule has 1 aromatic heterocycles. The fraction of sp³-hybridized carbons (Fsp3) is 0. The minimum Gasteiger partial charge on any atom is -0.502 e. The molecule has 0 aliphatic rings. The van der Waals surface area contributed by atoms with Crippen LogP contribution >= 0.6 is 0 Å². The largest absolute Gasteiger partial charge is 0.502 e. The Morgan fingerprint density at radius 2 is 1.81 bits per heavy atom. The summed E-state index contributed by atoms with van der Waals surface area (Å²) in [5.74, 6) is -0.517. The standard InChI is InChI=1S/C15H9NO5/c17-13-11-8-10(16(19)20)6-7-12(11)21-15(14(13)18)9-4-2-1-3-5-9/h1-8,18H. The van der Waals surface area contributed by atoms with Crippen LogP contribution in [-0.4, -0.2) is 10.0 Å². The molecule has 104 valence electrons. The van der Waals surface area contributed by atoms with E-state index in [9.17, 15) is 20.0 Å². The first-order chi connectivity index (χ1) is 10.1. The maximum atomic E-state index is 12.2. The molecule has 3 aromatic rings. The lowest BCUT2D eigenvalue weighted by atomic mass is 10.1. The molecule has 0 saturated heterocycles. The van der Waals surface area contributed by atoms with Crippen LogP contribution in [0.2, 0.25) is 0 Å². The zero-order valence-electron chi connectivity index (χ0n) is 10.6. The molecule has 3 rings (SSSR count). The normalized spacial score (nSPS) is 10.7.